The fourth-order valence-corrected chi connectivity index (χ4v) is 2.37. The van der Waals surface area contributed by atoms with Gasteiger partial charge in [0.05, 0.1) is 6.26 Å². The SMILES string of the molecule is c1cc2cc3c(cc2o1)CCCCC3. The maximum absolute atomic E-state index is 5.42. The summed E-state index contributed by atoms with van der Waals surface area (Å²) in [5.41, 5.74) is 4.09. The second-order valence-electron chi connectivity index (χ2n) is 4.14. The Labute approximate surface area is 83.7 Å². The predicted octanol–water partition coefficient (Wildman–Crippen LogP) is 3.70. The molecule has 1 nitrogen and oxygen atoms in total. The van der Waals surface area contributed by atoms with Gasteiger partial charge in [0.25, 0.3) is 0 Å². The molecule has 1 heterocycles. The number of fused-ring (bicyclic) bond motifs is 2. The van der Waals surface area contributed by atoms with E-state index in [4.69, 9.17) is 4.42 Å². The Bertz CT molecular complexity index is 413. The van der Waals surface area contributed by atoms with Crippen molar-refractivity contribution in [1.82, 2.24) is 0 Å². The van der Waals surface area contributed by atoms with Gasteiger partial charge in [-0.05, 0) is 55.0 Å². The Hall–Kier alpha value is -1.24. The summed E-state index contributed by atoms with van der Waals surface area (Å²) in [5.74, 6) is 0. The van der Waals surface area contributed by atoms with Crippen molar-refractivity contribution in [1.29, 1.82) is 0 Å². The molecule has 2 aromatic rings. The van der Waals surface area contributed by atoms with E-state index in [1.54, 1.807) is 6.26 Å². The molecule has 0 saturated carbocycles. The second-order valence-corrected chi connectivity index (χ2v) is 4.14. The highest BCUT2D eigenvalue weighted by molar-refractivity contribution is 5.79. The van der Waals surface area contributed by atoms with E-state index >= 15 is 0 Å². The predicted molar refractivity (Wildman–Crippen MR) is 57.5 cm³/mol. The maximum Gasteiger partial charge on any atom is 0.134 e. The van der Waals surface area contributed by atoms with Gasteiger partial charge in [-0.2, -0.15) is 0 Å². The van der Waals surface area contributed by atoms with Gasteiger partial charge in [-0.25, -0.2) is 0 Å². The Morgan fingerprint density at radius 3 is 2.57 bits per heavy atom. The standard InChI is InChI=1S/C13H14O/c1-2-4-10-8-12-6-7-14-13(12)9-11(10)5-3-1/h6-9H,1-5H2. The molecule has 0 saturated heterocycles. The molecule has 1 aromatic carbocycles. The first-order chi connectivity index (χ1) is 6.93. The van der Waals surface area contributed by atoms with Gasteiger partial charge in [0.15, 0.2) is 0 Å². The van der Waals surface area contributed by atoms with Crippen LogP contribution in [-0.2, 0) is 12.8 Å². The van der Waals surface area contributed by atoms with Crippen molar-refractivity contribution in [2.75, 3.05) is 0 Å². The fraction of sp³-hybridized carbons (Fsp3) is 0.385. The summed E-state index contributed by atoms with van der Waals surface area (Å²) in [6.45, 7) is 0. The van der Waals surface area contributed by atoms with Crippen LogP contribution in [0.4, 0.5) is 0 Å². The number of furan rings is 1. The first kappa shape index (κ1) is 8.10. The van der Waals surface area contributed by atoms with Crippen molar-refractivity contribution in [3.63, 3.8) is 0 Å². The number of hydrogen-bond acceptors (Lipinski definition) is 1. The number of aryl methyl sites for hydroxylation is 2. The molecule has 0 fully saturated rings. The molecule has 0 spiro atoms. The van der Waals surface area contributed by atoms with Crippen molar-refractivity contribution in [2.24, 2.45) is 0 Å². The van der Waals surface area contributed by atoms with Crippen LogP contribution in [-0.4, -0.2) is 0 Å². The molecular weight excluding hydrogens is 172 g/mol. The van der Waals surface area contributed by atoms with Crippen LogP contribution in [0.3, 0.4) is 0 Å². The largest absolute Gasteiger partial charge is 0.464 e. The highest BCUT2D eigenvalue weighted by Crippen LogP contribution is 2.26. The molecule has 1 heteroatoms. The van der Waals surface area contributed by atoms with Gasteiger partial charge in [-0.15, -0.1) is 0 Å². The van der Waals surface area contributed by atoms with Crippen LogP contribution in [0.1, 0.15) is 30.4 Å². The van der Waals surface area contributed by atoms with E-state index in [0.717, 1.165) is 5.58 Å². The molecule has 14 heavy (non-hydrogen) atoms. The Kier molecular flexibility index (Phi) is 1.83. The smallest absolute Gasteiger partial charge is 0.134 e. The van der Waals surface area contributed by atoms with Gasteiger partial charge in [-0.1, -0.05) is 6.42 Å². The minimum atomic E-state index is 1.05. The van der Waals surface area contributed by atoms with Crippen molar-refractivity contribution >= 4 is 11.0 Å². The quantitative estimate of drug-likeness (QED) is 0.572. The third kappa shape index (κ3) is 1.24. The molecular formula is C13H14O. The molecule has 0 bridgehead atoms. The molecule has 0 unspecified atom stereocenters. The van der Waals surface area contributed by atoms with Crippen molar-refractivity contribution in [3.05, 3.63) is 35.6 Å². The molecule has 0 radical (unpaired) electrons. The van der Waals surface area contributed by atoms with Crippen LogP contribution in [0.5, 0.6) is 0 Å². The summed E-state index contributed by atoms with van der Waals surface area (Å²) in [4.78, 5) is 0. The van der Waals surface area contributed by atoms with Gasteiger partial charge in [0.2, 0.25) is 0 Å². The van der Waals surface area contributed by atoms with E-state index in [-0.39, 0.29) is 0 Å². The van der Waals surface area contributed by atoms with Crippen LogP contribution >= 0.6 is 0 Å². The van der Waals surface area contributed by atoms with E-state index in [1.807, 2.05) is 0 Å². The first-order valence-corrected chi connectivity index (χ1v) is 5.42. The summed E-state index contributed by atoms with van der Waals surface area (Å²) in [5, 5.41) is 1.26. The zero-order valence-corrected chi connectivity index (χ0v) is 8.25. The highest BCUT2D eigenvalue weighted by Gasteiger charge is 2.09. The van der Waals surface area contributed by atoms with E-state index < -0.39 is 0 Å². The van der Waals surface area contributed by atoms with Crippen LogP contribution in [0.15, 0.2) is 28.9 Å². The minimum Gasteiger partial charge on any atom is -0.464 e. The lowest BCUT2D eigenvalue weighted by Crippen LogP contribution is -1.89. The highest BCUT2D eigenvalue weighted by atomic mass is 16.3. The summed E-state index contributed by atoms with van der Waals surface area (Å²) >= 11 is 0. The number of benzene rings is 1. The van der Waals surface area contributed by atoms with Crippen LogP contribution in [0.2, 0.25) is 0 Å². The zero-order valence-electron chi connectivity index (χ0n) is 8.25. The Balaban J connectivity index is 2.19. The Morgan fingerprint density at radius 1 is 0.929 bits per heavy atom. The number of hydrogen-bond donors (Lipinski definition) is 0. The van der Waals surface area contributed by atoms with Gasteiger partial charge >= 0.3 is 0 Å². The lowest BCUT2D eigenvalue weighted by atomic mass is 10.0. The molecule has 3 rings (SSSR count). The van der Waals surface area contributed by atoms with E-state index in [2.05, 4.69) is 18.2 Å². The van der Waals surface area contributed by atoms with E-state index in [1.165, 1.54) is 48.6 Å². The van der Waals surface area contributed by atoms with Gasteiger partial charge in [-0.3, -0.25) is 0 Å². The first-order valence-electron chi connectivity index (χ1n) is 5.42. The summed E-state index contributed by atoms with van der Waals surface area (Å²) in [6, 6.07) is 6.59. The molecule has 1 aromatic heterocycles. The summed E-state index contributed by atoms with van der Waals surface area (Å²) in [6.07, 6.45) is 8.30. The molecule has 72 valence electrons. The van der Waals surface area contributed by atoms with Crippen LogP contribution in [0, 0.1) is 0 Å². The van der Waals surface area contributed by atoms with Gasteiger partial charge in [0, 0.05) is 5.39 Å². The molecule has 0 aliphatic heterocycles. The zero-order chi connectivity index (χ0) is 9.38. The lowest BCUT2D eigenvalue weighted by Gasteiger charge is -2.04. The molecule has 0 amide bonds. The number of rotatable bonds is 0. The summed E-state index contributed by atoms with van der Waals surface area (Å²) < 4.78 is 5.42. The molecule has 1 aliphatic carbocycles. The van der Waals surface area contributed by atoms with Crippen molar-refractivity contribution in [2.45, 2.75) is 32.1 Å². The van der Waals surface area contributed by atoms with Gasteiger partial charge in [0.1, 0.15) is 5.58 Å². The minimum absolute atomic E-state index is 1.05. The van der Waals surface area contributed by atoms with Crippen molar-refractivity contribution < 1.29 is 4.42 Å². The average molecular weight is 186 g/mol. The van der Waals surface area contributed by atoms with Gasteiger partial charge < -0.3 is 4.42 Å². The molecule has 0 atom stereocenters. The van der Waals surface area contributed by atoms with Crippen LogP contribution in [0.25, 0.3) is 11.0 Å². The fourth-order valence-electron chi connectivity index (χ4n) is 2.37. The monoisotopic (exact) mass is 186 g/mol. The average Bonchev–Trinajstić information content (AvgIpc) is 2.51. The van der Waals surface area contributed by atoms with E-state index in [0.29, 0.717) is 0 Å². The third-order valence-electron chi connectivity index (χ3n) is 3.17. The van der Waals surface area contributed by atoms with Crippen LogP contribution < -0.4 is 0 Å². The second kappa shape index (κ2) is 3.16. The normalized spacial score (nSPS) is 16.6. The third-order valence-corrected chi connectivity index (χ3v) is 3.17. The molecule has 0 N–H and O–H groups in total. The topological polar surface area (TPSA) is 13.1 Å². The maximum atomic E-state index is 5.42. The lowest BCUT2D eigenvalue weighted by molar-refractivity contribution is 0.615. The molecule has 1 aliphatic rings. The Morgan fingerprint density at radius 2 is 1.71 bits per heavy atom. The van der Waals surface area contributed by atoms with Crippen molar-refractivity contribution in [3.8, 4) is 0 Å². The summed E-state index contributed by atoms with van der Waals surface area (Å²) in [7, 11) is 0. The van der Waals surface area contributed by atoms with E-state index in [9.17, 15) is 0 Å².